The number of nitrogens with zero attached hydrogens (tertiary/aromatic N) is 1. The molecule has 2 rings (SSSR count). The Morgan fingerprint density at radius 1 is 1.25 bits per heavy atom. The molecule has 1 aliphatic heterocycles. The summed E-state index contributed by atoms with van der Waals surface area (Å²) in [6.07, 6.45) is 8.07. The smallest absolute Gasteiger partial charge is 0.0703 e. The summed E-state index contributed by atoms with van der Waals surface area (Å²) in [5, 5.41) is 0. The van der Waals surface area contributed by atoms with Crippen LogP contribution in [0.4, 0.5) is 0 Å². The molecule has 4 atom stereocenters. The van der Waals surface area contributed by atoms with Crippen LogP contribution in [0.25, 0.3) is 0 Å². The van der Waals surface area contributed by atoms with Crippen molar-refractivity contribution < 1.29 is 4.74 Å². The highest BCUT2D eigenvalue weighted by Crippen LogP contribution is 2.38. The van der Waals surface area contributed by atoms with Crippen molar-refractivity contribution in [2.24, 2.45) is 17.6 Å². The van der Waals surface area contributed by atoms with E-state index in [1.807, 2.05) is 0 Å². The number of nitrogens with two attached hydrogens (primary N) is 1. The minimum absolute atomic E-state index is 0.205. The van der Waals surface area contributed by atoms with Crippen LogP contribution >= 0.6 is 0 Å². The maximum absolute atomic E-state index is 6.26. The predicted octanol–water partition coefficient (Wildman–Crippen LogP) is 3.03. The van der Waals surface area contributed by atoms with Gasteiger partial charge in [0.15, 0.2) is 0 Å². The molecule has 0 spiro atoms. The van der Waals surface area contributed by atoms with Gasteiger partial charge in [0.1, 0.15) is 0 Å². The fourth-order valence-corrected chi connectivity index (χ4v) is 4.36. The third-order valence-corrected chi connectivity index (χ3v) is 6.10. The summed E-state index contributed by atoms with van der Waals surface area (Å²) in [6, 6.07) is 0.550. The first kappa shape index (κ1) is 16.3. The molecule has 118 valence electrons. The summed E-state index contributed by atoms with van der Waals surface area (Å²) in [7, 11) is 2.29. The van der Waals surface area contributed by atoms with E-state index in [0.29, 0.717) is 12.1 Å². The van der Waals surface area contributed by atoms with Gasteiger partial charge in [-0.15, -0.1) is 0 Å². The summed E-state index contributed by atoms with van der Waals surface area (Å²) < 4.78 is 5.77. The van der Waals surface area contributed by atoms with Crippen molar-refractivity contribution in [1.82, 2.24) is 4.90 Å². The fourth-order valence-electron chi connectivity index (χ4n) is 4.36. The predicted molar refractivity (Wildman–Crippen MR) is 84.8 cm³/mol. The second kappa shape index (κ2) is 6.76. The van der Waals surface area contributed by atoms with Gasteiger partial charge in [0.25, 0.3) is 0 Å². The number of hydrogen-bond acceptors (Lipinski definition) is 3. The average Bonchev–Trinajstić information content (AvgIpc) is 2.73. The largest absolute Gasteiger partial charge is 0.377 e. The first-order valence-electron chi connectivity index (χ1n) is 8.55. The van der Waals surface area contributed by atoms with Crippen LogP contribution < -0.4 is 5.73 Å². The summed E-state index contributed by atoms with van der Waals surface area (Å²) in [5.41, 5.74) is 6.47. The van der Waals surface area contributed by atoms with Gasteiger partial charge in [-0.1, -0.05) is 26.7 Å². The Morgan fingerprint density at radius 2 is 2.00 bits per heavy atom. The molecule has 0 radical (unpaired) electrons. The van der Waals surface area contributed by atoms with E-state index < -0.39 is 0 Å². The summed E-state index contributed by atoms with van der Waals surface area (Å²) in [4.78, 5) is 2.59. The quantitative estimate of drug-likeness (QED) is 0.806. The van der Waals surface area contributed by atoms with Gasteiger partial charge in [-0.25, -0.2) is 0 Å². The molecule has 20 heavy (non-hydrogen) atoms. The fraction of sp³-hybridized carbons (Fsp3) is 1.00. The Kier molecular flexibility index (Phi) is 5.49. The van der Waals surface area contributed by atoms with Crippen LogP contribution in [0.3, 0.4) is 0 Å². The summed E-state index contributed by atoms with van der Waals surface area (Å²) in [6.45, 7) is 8.66. The highest BCUT2D eigenvalue weighted by molar-refractivity contribution is 4.98. The van der Waals surface area contributed by atoms with Crippen molar-refractivity contribution in [2.45, 2.75) is 77.0 Å². The van der Waals surface area contributed by atoms with Crippen LogP contribution in [0.15, 0.2) is 0 Å². The Bertz CT molecular complexity index is 307. The molecule has 4 unspecified atom stereocenters. The summed E-state index contributed by atoms with van der Waals surface area (Å²) >= 11 is 0. The van der Waals surface area contributed by atoms with Crippen LogP contribution in [0, 0.1) is 11.8 Å². The molecule has 2 N–H and O–H groups in total. The molecule has 2 fully saturated rings. The number of ether oxygens (including phenoxy) is 1. The lowest BCUT2D eigenvalue weighted by molar-refractivity contribution is 0.0195. The van der Waals surface area contributed by atoms with Crippen LogP contribution in [-0.4, -0.2) is 42.8 Å². The third kappa shape index (κ3) is 3.20. The number of rotatable bonds is 4. The van der Waals surface area contributed by atoms with Crippen molar-refractivity contribution in [3.05, 3.63) is 0 Å². The van der Waals surface area contributed by atoms with E-state index in [2.05, 4.69) is 32.7 Å². The van der Waals surface area contributed by atoms with Crippen LogP contribution in [0.1, 0.15) is 59.3 Å². The van der Waals surface area contributed by atoms with Gasteiger partial charge in [0.2, 0.25) is 0 Å². The zero-order chi connectivity index (χ0) is 14.8. The van der Waals surface area contributed by atoms with Crippen molar-refractivity contribution in [3.8, 4) is 0 Å². The molecule has 3 nitrogen and oxygen atoms in total. The Balaban J connectivity index is 2.08. The van der Waals surface area contributed by atoms with Crippen molar-refractivity contribution in [2.75, 3.05) is 20.2 Å². The first-order valence-corrected chi connectivity index (χ1v) is 8.55. The lowest BCUT2D eigenvalue weighted by Crippen LogP contribution is -2.57. The highest BCUT2D eigenvalue weighted by atomic mass is 16.5. The maximum Gasteiger partial charge on any atom is 0.0703 e. The highest BCUT2D eigenvalue weighted by Gasteiger charge is 2.42. The molecule has 1 aliphatic carbocycles. The van der Waals surface area contributed by atoms with Crippen molar-refractivity contribution in [3.63, 3.8) is 0 Å². The molecule has 1 saturated heterocycles. The van der Waals surface area contributed by atoms with Crippen LogP contribution in [0.2, 0.25) is 0 Å². The van der Waals surface area contributed by atoms with E-state index in [-0.39, 0.29) is 5.54 Å². The topological polar surface area (TPSA) is 38.5 Å². The molecule has 1 saturated carbocycles. The van der Waals surface area contributed by atoms with Gasteiger partial charge in [-0.05, 0) is 51.5 Å². The molecule has 0 aromatic rings. The summed E-state index contributed by atoms with van der Waals surface area (Å²) in [5.74, 6) is 1.69. The van der Waals surface area contributed by atoms with E-state index in [1.54, 1.807) is 0 Å². The van der Waals surface area contributed by atoms with E-state index in [0.717, 1.165) is 31.4 Å². The Labute approximate surface area is 125 Å². The SMILES string of the molecule is CC(C)C1CCCC(CN)(N(C)C2CCOC2C)CC1. The average molecular weight is 282 g/mol. The lowest BCUT2D eigenvalue weighted by atomic mass is 9.84. The molecule has 0 aromatic carbocycles. The van der Waals surface area contributed by atoms with E-state index in [9.17, 15) is 0 Å². The minimum atomic E-state index is 0.205. The molecule has 0 aromatic heterocycles. The maximum atomic E-state index is 6.26. The molecule has 3 heteroatoms. The van der Waals surface area contributed by atoms with Crippen molar-refractivity contribution in [1.29, 1.82) is 0 Å². The van der Waals surface area contributed by atoms with Crippen molar-refractivity contribution >= 4 is 0 Å². The molecule has 2 aliphatic rings. The van der Waals surface area contributed by atoms with Gasteiger partial charge in [0, 0.05) is 24.7 Å². The lowest BCUT2D eigenvalue weighted by Gasteiger charge is -2.45. The van der Waals surface area contributed by atoms with Gasteiger partial charge in [-0.2, -0.15) is 0 Å². The second-order valence-corrected chi connectivity index (χ2v) is 7.41. The van der Waals surface area contributed by atoms with Gasteiger partial charge in [0.05, 0.1) is 6.10 Å². The third-order valence-electron chi connectivity index (χ3n) is 6.10. The van der Waals surface area contributed by atoms with Gasteiger partial charge in [-0.3, -0.25) is 4.90 Å². The van der Waals surface area contributed by atoms with E-state index in [4.69, 9.17) is 10.5 Å². The molecule has 0 bridgehead atoms. The Hall–Kier alpha value is -0.120. The monoisotopic (exact) mass is 282 g/mol. The Morgan fingerprint density at radius 3 is 2.55 bits per heavy atom. The second-order valence-electron chi connectivity index (χ2n) is 7.41. The number of likely N-dealkylation sites (N-methyl/N-ethyl adjacent to an activating group) is 1. The van der Waals surface area contributed by atoms with Crippen LogP contribution in [0.5, 0.6) is 0 Å². The molecular formula is C17H34N2O. The standard InChI is InChI=1S/C17H34N2O/c1-13(2)15-6-5-9-17(12-18,10-7-15)19(4)16-8-11-20-14(16)3/h13-16H,5-12,18H2,1-4H3. The number of hydrogen-bond donors (Lipinski definition) is 1. The van der Waals surface area contributed by atoms with E-state index in [1.165, 1.54) is 32.1 Å². The van der Waals surface area contributed by atoms with Gasteiger partial charge < -0.3 is 10.5 Å². The molecule has 1 heterocycles. The first-order chi connectivity index (χ1) is 9.50. The molecular weight excluding hydrogens is 248 g/mol. The van der Waals surface area contributed by atoms with Gasteiger partial charge >= 0.3 is 0 Å². The normalized spacial score (nSPS) is 39.5. The van der Waals surface area contributed by atoms with E-state index >= 15 is 0 Å². The minimum Gasteiger partial charge on any atom is -0.377 e. The zero-order valence-electron chi connectivity index (χ0n) is 13.9. The van der Waals surface area contributed by atoms with Crippen LogP contribution in [-0.2, 0) is 4.74 Å². The molecule has 0 amide bonds. The zero-order valence-corrected chi connectivity index (χ0v) is 13.9.